The van der Waals surface area contributed by atoms with E-state index in [1.807, 2.05) is 0 Å². The van der Waals surface area contributed by atoms with Gasteiger partial charge in [-0.1, -0.05) is 30.3 Å². The van der Waals surface area contributed by atoms with Gasteiger partial charge in [0.15, 0.2) is 5.11 Å². The molecule has 0 saturated heterocycles. The lowest BCUT2D eigenvalue weighted by Crippen LogP contribution is -2.39. The highest BCUT2D eigenvalue weighted by molar-refractivity contribution is 7.80. The lowest BCUT2D eigenvalue weighted by atomic mass is 10.1. The Morgan fingerprint density at radius 2 is 1.90 bits per heavy atom. The van der Waals surface area contributed by atoms with E-state index >= 15 is 0 Å². The molecular formula is C18H20N2S. The zero-order chi connectivity index (χ0) is 15.0. The first-order chi connectivity index (χ1) is 10.1. The summed E-state index contributed by atoms with van der Waals surface area (Å²) in [5.41, 5.74) is 6.22. The van der Waals surface area contributed by atoms with E-state index in [-0.39, 0.29) is 0 Å². The average Bonchev–Trinajstić information content (AvgIpc) is 2.79. The second-order valence-corrected chi connectivity index (χ2v) is 6.12. The molecule has 0 aliphatic carbocycles. The molecule has 0 fully saturated rings. The molecule has 0 aromatic heterocycles. The van der Waals surface area contributed by atoms with Crippen molar-refractivity contribution in [1.82, 2.24) is 0 Å². The summed E-state index contributed by atoms with van der Waals surface area (Å²) >= 11 is 5.67. The quantitative estimate of drug-likeness (QED) is 0.783. The number of nitrogens with one attached hydrogen (secondary N) is 1. The molecule has 0 amide bonds. The van der Waals surface area contributed by atoms with Crippen LogP contribution < -0.4 is 10.2 Å². The van der Waals surface area contributed by atoms with Gasteiger partial charge in [-0.2, -0.15) is 0 Å². The van der Waals surface area contributed by atoms with Gasteiger partial charge >= 0.3 is 0 Å². The van der Waals surface area contributed by atoms with Gasteiger partial charge in [0.05, 0.1) is 0 Å². The van der Waals surface area contributed by atoms with Crippen molar-refractivity contribution < 1.29 is 0 Å². The fourth-order valence-electron chi connectivity index (χ4n) is 2.94. The summed E-state index contributed by atoms with van der Waals surface area (Å²) in [6.45, 7) is 6.47. The van der Waals surface area contributed by atoms with Crippen molar-refractivity contribution in [3.05, 3.63) is 59.2 Å². The third-order valence-corrected chi connectivity index (χ3v) is 4.57. The molecule has 0 saturated carbocycles. The molecular weight excluding hydrogens is 276 g/mol. The smallest absolute Gasteiger partial charge is 0.178 e. The first-order valence-electron chi connectivity index (χ1n) is 7.32. The van der Waals surface area contributed by atoms with Crippen LogP contribution in [0.5, 0.6) is 0 Å². The van der Waals surface area contributed by atoms with Gasteiger partial charge in [0.25, 0.3) is 0 Å². The van der Waals surface area contributed by atoms with Crippen LogP contribution in [-0.4, -0.2) is 11.2 Å². The molecule has 1 N–H and O–H groups in total. The topological polar surface area (TPSA) is 15.3 Å². The van der Waals surface area contributed by atoms with Crippen LogP contribution in [0, 0.1) is 13.8 Å². The third-order valence-electron chi connectivity index (χ3n) is 4.27. The van der Waals surface area contributed by atoms with E-state index in [1.54, 1.807) is 0 Å². The van der Waals surface area contributed by atoms with Crippen LogP contribution >= 0.6 is 12.2 Å². The minimum Gasteiger partial charge on any atom is -0.332 e. The number of anilines is 2. The SMILES string of the molecule is Cc1cccc(NC(=S)N2c3ccccc3CC2C)c1C. The third kappa shape index (κ3) is 2.54. The van der Waals surface area contributed by atoms with Crippen LogP contribution in [0.4, 0.5) is 11.4 Å². The molecule has 108 valence electrons. The normalized spacial score (nSPS) is 16.7. The predicted molar refractivity (Wildman–Crippen MR) is 94.2 cm³/mol. The number of hydrogen-bond acceptors (Lipinski definition) is 1. The zero-order valence-corrected chi connectivity index (χ0v) is 13.5. The number of nitrogens with zero attached hydrogens (tertiary/aromatic N) is 1. The number of thiocarbonyl (C=S) groups is 1. The van der Waals surface area contributed by atoms with Crippen molar-refractivity contribution in [3.63, 3.8) is 0 Å². The Hall–Kier alpha value is -1.87. The molecule has 3 heteroatoms. The Labute approximate surface area is 131 Å². The minimum absolute atomic E-state index is 0.396. The van der Waals surface area contributed by atoms with E-state index in [1.165, 1.54) is 22.4 Å². The summed E-state index contributed by atoms with van der Waals surface area (Å²) in [4.78, 5) is 2.23. The van der Waals surface area contributed by atoms with Gasteiger partial charge in [0.2, 0.25) is 0 Å². The van der Waals surface area contributed by atoms with Crippen molar-refractivity contribution in [3.8, 4) is 0 Å². The van der Waals surface area contributed by atoms with Gasteiger partial charge in [0.1, 0.15) is 0 Å². The monoisotopic (exact) mass is 296 g/mol. The van der Waals surface area contributed by atoms with Crippen LogP contribution in [0.25, 0.3) is 0 Å². The van der Waals surface area contributed by atoms with Crippen LogP contribution in [0.2, 0.25) is 0 Å². The Kier molecular flexibility index (Phi) is 3.68. The van der Waals surface area contributed by atoms with Gasteiger partial charge in [0, 0.05) is 17.4 Å². The van der Waals surface area contributed by atoms with Crippen molar-refractivity contribution >= 4 is 28.7 Å². The van der Waals surface area contributed by atoms with Crippen LogP contribution in [0.3, 0.4) is 0 Å². The van der Waals surface area contributed by atoms with Gasteiger partial charge in [-0.25, -0.2) is 0 Å². The second kappa shape index (κ2) is 5.49. The molecule has 0 spiro atoms. The Bertz CT molecular complexity index is 693. The Morgan fingerprint density at radius 1 is 1.14 bits per heavy atom. The molecule has 2 aromatic carbocycles. The molecule has 0 radical (unpaired) electrons. The van der Waals surface area contributed by atoms with E-state index in [9.17, 15) is 0 Å². The van der Waals surface area contributed by atoms with E-state index in [4.69, 9.17) is 12.2 Å². The zero-order valence-electron chi connectivity index (χ0n) is 12.7. The molecule has 2 aromatic rings. The average molecular weight is 296 g/mol. The molecule has 3 rings (SSSR count). The van der Waals surface area contributed by atoms with Crippen molar-refractivity contribution in [2.24, 2.45) is 0 Å². The second-order valence-electron chi connectivity index (χ2n) is 5.73. The highest BCUT2D eigenvalue weighted by Gasteiger charge is 2.28. The fraction of sp³-hybridized carbons (Fsp3) is 0.278. The van der Waals surface area contributed by atoms with Gasteiger partial charge in [-0.05, 0) is 68.2 Å². The maximum Gasteiger partial charge on any atom is 0.178 e. The number of rotatable bonds is 1. The van der Waals surface area contributed by atoms with Crippen molar-refractivity contribution in [1.29, 1.82) is 0 Å². The van der Waals surface area contributed by atoms with Gasteiger partial charge in [-0.15, -0.1) is 0 Å². The summed E-state index contributed by atoms with van der Waals surface area (Å²) in [5.74, 6) is 0. The molecule has 1 unspecified atom stereocenters. The molecule has 1 atom stereocenters. The summed E-state index contributed by atoms with van der Waals surface area (Å²) in [6.07, 6.45) is 1.05. The maximum absolute atomic E-state index is 5.67. The van der Waals surface area contributed by atoms with Gasteiger partial charge < -0.3 is 10.2 Å². The highest BCUT2D eigenvalue weighted by atomic mass is 32.1. The van der Waals surface area contributed by atoms with Crippen LogP contribution in [-0.2, 0) is 6.42 Å². The number of hydrogen-bond donors (Lipinski definition) is 1. The summed E-state index contributed by atoms with van der Waals surface area (Å²) < 4.78 is 0. The Balaban J connectivity index is 1.88. The molecule has 21 heavy (non-hydrogen) atoms. The standard InChI is InChI=1S/C18H20N2S/c1-12-7-6-9-16(14(12)3)19-18(21)20-13(2)11-15-8-4-5-10-17(15)20/h4-10,13H,11H2,1-3H3,(H,19,21). The maximum atomic E-state index is 5.67. The minimum atomic E-state index is 0.396. The van der Waals surface area contributed by atoms with Crippen LogP contribution in [0.15, 0.2) is 42.5 Å². The number of aryl methyl sites for hydroxylation is 1. The molecule has 1 aliphatic heterocycles. The van der Waals surface area contributed by atoms with Gasteiger partial charge in [-0.3, -0.25) is 0 Å². The largest absolute Gasteiger partial charge is 0.332 e. The summed E-state index contributed by atoms with van der Waals surface area (Å²) in [5, 5.41) is 4.20. The lowest BCUT2D eigenvalue weighted by molar-refractivity contribution is 0.776. The molecule has 0 bridgehead atoms. The fourth-order valence-corrected chi connectivity index (χ4v) is 3.33. The molecule has 2 nitrogen and oxygen atoms in total. The van der Waals surface area contributed by atoms with Crippen molar-refractivity contribution in [2.75, 3.05) is 10.2 Å². The number of benzene rings is 2. The van der Waals surface area contributed by atoms with Crippen molar-refractivity contribution in [2.45, 2.75) is 33.2 Å². The lowest BCUT2D eigenvalue weighted by Gasteiger charge is -2.26. The summed E-state index contributed by atoms with van der Waals surface area (Å²) in [6, 6.07) is 15.2. The van der Waals surface area contributed by atoms with E-state index in [0.717, 1.165) is 17.2 Å². The number of para-hydroxylation sites is 1. The van der Waals surface area contributed by atoms with E-state index in [0.29, 0.717) is 6.04 Å². The van der Waals surface area contributed by atoms with Crippen LogP contribution in [0.1, 0.15) is 23.6 Å². The highest BCUT2D eigenvalue weighted by Crippen LogP contribution is 2.32. The molecule has 1 heterocycles. The Morgan fingerprint density at radius 3 is 2.71 bits per heavy atom. The van der Waals surface area contributed by atoms with E-state index in [2.05, 4.69) is 73.5 Å². The first kappa shape index (κ1) is 14.1. The number of fused-ring (bicyclic) bond motifs is 1. The predicted octanol–water partition coefficient (Wildman–Crippen LogP) is 4.45. The summed E-state index contributed by atoms with van der Waals surface area (Å²) in [7, 11) is 0. The molecule has 1 aliphatic rings. The van der Waals surface area contributed by atoms with E-state index < -0.39 is 0 Å². The first-order valence-corrected chi connectivity index (χ1v) is 7.73.